The first kappa shape index (κ1) is 24.3. The molecule has 1 aliphatic carbocycles. The van der Waals surface area contributed by atoms with Crippen LogP contribution in [0, 0.1) is 0 Å². The summed E-state index contributed by atoms with van der Waals surface area (Å²) < 4.78 is 32.4. The minimum atomic E-state index is -4.10. The fraction of sp³-hybridized carbons (Fsp3) is 0.160. The number of nitrogens with one attached hydrogen (secondary N) is 2. The highest BCUT2D eigenvalue weighted by Crippen LogP contribution is 2.44. The average Bonchev–Trinajstić information content (AvgIpc) is 3.16. The molecule has 2 amide bonds. The number of amides is 2. The van der Waals surface area contributed by atoms with E-state index in [1.807, 2.05) is 53.8 Å². The maximum Gasteiger partial charge on any atom is 0.411 e. The molecule has 4 rings (SSSR count). The molecule has 3 aromatic carbocycles. The molecule has 0 radical (unpaired) electrons. The van der Waals surface area contributed by atoms with Gasteiger partial charge in [0.2, 0.25) is 0 Å². The lowest BCUT2D eigenvalue weighted by atomic mass is 9.98. The molecule has 0 aromatic heterocycles. The van der Waals surface area contributed by atoms with Crippen molar-refractivity contribution >= 4 is 39.6 Å². The van der Waals surface area contributed by atoms with Gasteiger partial charge in [0.15, 0.2) is 0 Å². The van der Waals surface area contributed by atoms with E-state index in [1.54, 1.807) is 0 Å². The van der Waals surface area contributed by atoms with Crippen LogP contribution in [0.4, 0.5) is 19.3 Å². The van der Waals surface area contributed by atoms with Gasteiger partial charge in [0.25, 0.3) is 5.91 Å². The van der Waals surface area contributed by atoms with Gasteiger partial charge in [-0.2, -0.15) is 8.78 Å². The number of benzene rings is 3. The molecular weight excluding hydrogens is 526 g/mol. The number of alkyl halides is 2. The van der Waals surface area contributed by atoms with Crippen molar-refractivity contribution in [3.05, 3.63) is 87.9 Å². The van der Waals surface area contributed by atoms with Gasteiger partial charge < -0.3 is 15.2 Å². The smallest absolute Gasteiger partial charge is 0.411 e. The van der Waals surface area contributed by atoms with E-state index in [0.717, 1.165) is 22.3 Å². The van der Waals surface area contributed by atoms with E-state index < -0.39 is 30.4 Å². The lowest BCUT2D eigenvalue weighted by Crippen LogP contribution is -2.42. The van der Waals surface area contributed by atoms with E-state index in [1.165, 1.54) is 18.2 Å². The number of carboxylic acid groups (broad SMARTS) is 1. The number of rotatable bonds is 7. The Balaban J connectivity index is 1.42. The third kappa shape index (κ3) is 5.17. The Kier molecular flexibility index (Phi) is 6.83. The fourth-order valence-electron chi connectivity index (χ4n) is 3.88. The van der Waals surface area contributed by atoms with E-state index in [4.69, 9.17) is 9.84 Å². The lowest BCUT2D eigenvalue weighted by Gasteiger charge is -2.15. The van der Waals surface area contributed by atoms with E-state index in [-0.39, 0.29) is 23.8 Å². The summed E-state index contributed by atoms with van der Waals surface area (Å²) in [7, 11) is 0. The molecule has 7 nitrogen and oxygen atoms in total. The summed E-state index contributed by atoms with van der Waals surface area (Å²) in [5.41, 5.74) is 4.42. The van der Waals surface area contributed by atoms with Crippen molar-refractivity contribution in [1.82, 2.24) is 5.32 Å². The molecule has 180 valence electrons. The Hall–Kier alpha value is -3.79. The van der Waals surface area contributed by atoms with Gasteiger partial charge in [-0.05, 0) is 56.4 Å². The molecule has 3 N–H and O–H groups in total. The second kappa shape index (κ2) is 9.83. The van der Waals surface area contributed by atoms with Crippen LogP contribution in [0.1, 0.15) is 27.4 Å². The van der Waals surface area contributed by atoms with Crippen LogP contribution in [0.2, 0.25) is 0 Å². The second-order valence-corrected chi connectivity index (χ2v) is 8.69. The van der Waals surface area contributed by atoms with E-state index in [9.17, 15) is 23.2 Å². The average molecular weight is 545 g/mol. The van der Waals surface area contributed by atoms with Crippen LogP contribution < -0.4 is 10.6 Å². The summed E-state index contributed by atoms with van der Waals surface area (Å²) in [6.07, 6.45) is -0.762. The minimum Gasteiger partial charge on any atom is -0.477 e. The summed E-state index contributed by atoms with van der Waals surface area (Å²) in [5, 5.41) is 12.9. The van der Waals surface area contributed by atoms with Gasteiger partial charge in [-0.1, -0.05) is 48.5 Å². The number of anilines is 1. The number of carbonyl (C=O) groups excluding carboxylic acids is 2. The highest BCUT2D eigenvalue weighted by Gasteiger charge is 2.39. The predicted octanol–water partition coefficient (Wildman–Crippen LogP) is 5.26. The largest absolute Gasteiger partial charge is 0.477 e. The Morgan fingerprint density at radius 1 is 0.971 bits per heavy atom. The zero-order valence-corrected chi connectivity index (χ0v) is 19.6. The van der Waals surface area contributed by atoms with Crippen molar-refractivity contribution in [3.63, 3.8) is 0 Å². The first-order valence-electron chi connectivity index (χ1n) is 10.5. The molecule has 0 saturated carbocycles. The summed E-state index contributed by atoms with van der Waals surface area (Å²) in [6, 6.07) is 19.8. The van der Waals surface area contributed by atoms with Crippen molar-refractivity contribution in [3.8, 4) is 11.1 Å². The number of aliphatic carboxylic acids is 1. The van der Waals surface area contributed by atoms with Crippen molar-refractivity contribution < 1.29 is 33.0 Å². The van der Waals surface area contributed by atoms with Crippen LogP contribution in [-0.4, -0.2) is 42.2 Å². The van der Waals surface area contributed by atoms with Gasteiger partial charge in [0.05, 0.1) is 12.2 Å². The van der Waals surface area contributed by atoms with Crippen LogP contribution in [0.15, 0.2) is 71.2 Å². The second-order valence-electron chi connectivity index (χ2n) is 7.84. The van der Waals surface area contributed by atoms with E-state index >= 15 is 0 Å². The molecular formula is C25H19BrF2N2O5. The highest BCUT2D eigenvalue weighted by molar-refractivity contribution is 9.10. The fourth-order valence-corrected chi connectivity index (χ4v) is 4.22. The molecule has 10 heteroatoms. The summed E-state index contributed by atoms with van der Waals surface area (Å²) in [6.45, 7) is -1.28. The van der Waals surface area contributed by atoms with E-state index in [2.05, 4.69) is 21.2 Å². The molecule has 0 fully saturated rings. The van der Waals surface area contributed by atoms with Gasteiger partial charge in [-0.25, -0.2) is 9.59 Å². The molecule has 1 aliphatic rings. The third-order valence-corrected chi connectivity index (χ3v) is 6.28. The number of ether oxygens (including phenoxy) is 1. The summed E-state index contributed by atoms with van der Waals surface area (Å²) >= 11 is 3.26. The first-order valence-corrected chi connectivity index (χ1v) is 11.3. The monoisotopic (exact) mass is 544 g/mol. The van der Waals surface area contributed by atoms with Crippen LogP contribution in [-0.2, 0) is 9.53 Å². The molecule has 0 aliphatic heterocycles. The standard InChI is InChI=1S/C25H19BrF2N2O5/c26-20-10-9-14(22(31)29-13-25(27,28)23(32)33)11-21(20)30-24(34)35-12-19-17-7-3-1-5-15(17)16-6-2-4-8-18(16)19/h1-11,19H,12-13H2,(H,29,31)(H,30,34)(H,32,33). The number of halogens is 3. The number of hydrogen-bond acceptors (Lipinski definition) is 4. The number of carboxylic acids is 1. The Labute approximate surface area is 207 Å². The maximum absolute atomic E-state index is 13.2. The number of carbonyl (C=O) groups is 3. The zero-order valence-electron chi connectivity index (χ0n) is 18.1. The minimum absolute atomic E-state index is 0.0525. The predicted molar refractivity (Wildman–Crippen MR) is 128 cm³/mol. The molecule has 0 bridgehead atoms. The summed E-state index contributed by atoms with van der Waals surface area (Å²) in [5.74, 6) is -7.50. The molecule has 3 aromatic rings. The summed E-state index contributed by atoms with van der Waals surface area (Å²) in [4.78, 5) is 35.3. The van der Waals surface area contributed by atoms with Gasteiger partial charge in [-0.15, -0.1) is 0 Å². The van der Waals surface area contributed by atoms with Gasteiger partial charge >= 0.3 is 18.0 Å². The maximum atomic E-state index is 13.2. The topological polar surface area (TPSA) is 105 Å². The zero-order chi connectivity index (χ0) is 25.2. The van der Waals surface area contributed by atoms with Crippen molar-refractivity contribution in [2.45, 2.75) is 11.8 Å². The molecule has 0 atom stereocenters. The van der Waals surface area contributed by atoms with E-state index in [0.29, 0.717) is 4.47 Å². The van der Waals surface area contributed by atoms with Crippen molar-refractivity contribution in [1.29, 1.82) is 0 Å². The number of hydrogen-bond donors (Lipinski definition) is 3. The Morgan fingerprint density at radius 3 is 2.17 bits per heavy atom. The Bertz CT molecular complexity index is 1270. The number of fused-ring (bicyclic) bond motifs is 3. The molecule has 35 heavy (non-hydrogen) atoms. The SMILES string of the molecule is O=C(Nc1cc(C(=O)NCC(F)(F)C(=O)O)ccc1Br)OCC1c2ccccc2-c2ccccc21. The van der Waals surface area contributed by atoms with Crippen molar-refractivity contribution in [2.24, 2.45) is 0 Å². The van der Waals surface area contributed by atoms with Gasteiger partial charge in [0, 0.05) is 16.0 Å². The normalized spacial score (nSPS) is 12.4. The molecule has 0 spiro atoms. The quantitative estimate of drug-likeness (QED) is 0.376. The lowest BCUT2D eigenvalue weighted by molar-refractivity contribution is -0.163. The van der Waals surface area contributed by atoms with Crippen LogP contribution in [0.3, 0.4) is 0 Å². The highest BCUT2D eigenvalue weighted by atomic mass is 79.9. The Morgan fingerprint density at radius 2 is 1.57 bits per heavy atom. The van der Waals surface area contributed by atoms with Gasteiger partial charge in [0.1, 0.15) is 6.61 Å². The van der Waals surface area contributed by atoms with Crippen molar-refractivity contribution in [2.75, 3.05) is 18.5 Å². The van der Waals surface area contributed by atoms with Crippen LogP contribution >= 0.6 is 15.9 Å². The molecule has 0 heterocycles. The van der Waals surface area contributed by atoms with Crippen LogP contribution in [0.5, 0.6) is 0 Å². The molecule has 0 saturated heterocycles. The van der Waals surface area contributed by atoms with Gasteiger partial charge in [-0.3, -0.25) is 10.1 Å². The van der Waals surface area contributed by atoms with Crippen LogP contribution in [0.25, 0.3) is 11.1 Å². The molecule has 0 unspecified atom stereocenters. The third-order valence-electron chi connectivity index (χ3n) is 5.59. The first-order chi connectivity index (χ1) is 16.7.